The fraction of sp³-hybridized carbons (Fsp3) is 0. The van der Waals surface area contributed by atoms with E-state index in [0.29, 0.717) is 5.56 Å². The van der Waals surface area contributed by atoms with Crippen LogP contribution in [0.25, 0.3) is 27.8 Å². The predicted octanol–water partition coefficient (Wildman–Crippen LogP) is 3.36. The summed E-state index contributed by atoms with van der Waals surface area (Å²) in [7, 11) is 0. The highest BCUT2D eigenvalue weighted by Gasteiger charge is 2.20. The predicted molar refractivity (Wildman–Crippen MR) is 94.0 cm³/mol. The van der Waals surface area contributed by atoms with Crippen molar-refractivity contribution >= 4 is 16.9 Å². The van der Waals surface area contributed by atoms with E-state index in [4.69, 9.17) is 5.11 Å². The van der Waals surface area contributed by atoms with Crippen LogP contribution in [0.4, 0.5) is 8.78 Å². The molecule has 2 aromatic carbocycles. The SMILES string of the molecule is O=C(O)c1ccc(-c2nn(-c3c(F)cccc3F)c3cc[nH]c(=O)c23)cc1. The monoisotopic (exact) mass is 367 g/mol. The molecule has 4 rings (SSSR count). The molecule has 8 heteroatoms. The highest BCUT2D eigenvalue weighted by Crippen LogP contribution is 2.29. The molecule has 0 aliphatic carbocycles. The number of pyridine rings is 1. The number of fused-ring (bicyclic) bond motifs is 1. The van der Waals surface area contributed by atoms with E-state index in [0.717, 1.165) is 16.8 Å². The summed E-state index contributed by atoms with van der Waals surface area (Å²) in [5.74, 6) is -2.75. The molecule has 0 amide bonds. The second kappa shape index (κ2) is 6.17. The molecular formula is C19H11F2N3O3. The average Bonchev–Trinajstić information content (AvgIpc) is 3.02. The minimum atomic E-state index is -1.09. The van der Waals surface area contributed by atoms with Crippen LogP contribution in [0.15, 0.2) is 59.5 Å². The third-order valence-electron chi connectivity index (χ3n) is 4.16. The van der Waals surface area contributed by atoms with Gasteiger partial charge in [-0.15, -0.1) is 0 Å². The fourth-order valence-electron chi connectivity index (χ4n) is 2.91. The van der Waals surface area contributed by atoms with Crippen LogP contribution in [0, 0.1) is 11.6 Å². The molecule has 0 atom stereocenters. The van der Waals surface area contributed by atoms with Crippen molar-refractivity contribution < 1.29 is 18.7 Å². The number of hydrogen-bond acceptors (Lipinski definition) is 3. The molecule has 0 spiro atoms. The molecule has 2 aromatic heterocycles. The number of nitrogens with zero attached hydrogens (tertiary/aromatic N) is 2. The highest BCUT2D eigenvalue weighted by atomic mass is 19.1. The molecule has 0 saturated carbocycles. The Bertz CT molecular complexity index is 1220. The Morgan fingerprint density at radius 2 is 1.70 bits per heavy atom. The van der Waals surface area contributed by atoms with Crippen molar-refractivity contribution in [2.45, 2.75) is 0 Å². The van der Waals surface area contributed by atoms with Crippen LogP contribution in [-0.4, -0.2) is 25.8 Å². The van der Waals surface area contributed by atoms with Gasteiger partial charge in [-0.05, 0) is 30.3 Å². The number of hydrogen-bond donors (Lipinski definition) is 2. The second-order valence-electron chi connectivity index (χ2n) is 5.78. The van der Waals surface area contributed by atoms with Gasteiger partial charge in [0.2, 0.25) is 0 Å². The maximum atomic E-state index is 14.3. The van der Waals surface area contributed by atoms with Gasteiger partial charge in [0.25, 0.3) is 5.56 Å². The summed E-state index contributed by atoms with van der Waals surface area (Å²) in [5.41, 5.74) is 0.0366. The number of H-pyrrole nitrogens is 1. The number of rotatable bonds is 3. The molecule has 134 valence electrons. The Balaban J connectivity index is 2.03. The molecule has 0 bridgehead atoms. The average molecular weight is 367 g/mol. The van der Waals surface area contributed by atoms with Crippen molar-refractivity contribution in [3.63, 3.8) is 0 Å². The number of benzene rings is 2. The number of carboxylic acid groups (broad SMARTS) is 1. The molecule has 27 heavy (non-hydrogen) atoms. The molecule has 0 aliphatic heterocycles. The molecule has 6 nitrogen and oxygen atoms in total. The minimum Gasteiger partial charge on any atom is -0.478 e. The number of aromatic amines is 1. The van der Waals surface area contributed by atoms with Crippen molar-refractivity contribution in [3.8, 4) is 16.9 Å². The smallest absolute Gasteiger partial charge is 0.335 e. The Kier molecular flexibility index (Phi) is 3.80. The van der Waals surface area contributed by atoms with Gasteiger partial charge >= 0.3 is 5.97 Å². The van der Waals surface area contributed by atoms with E-state index >= 15 is 0 Å². The van der Waals surface area contributed by atoms with Crippen LogP contribution >= 0.6 is 0 Å². The molecule has 0 fully saturated rings. The Labute approximate surface area is 150 Å². The first-order valence-corrected chi connectivity index (χ1v) is 7.86. The summed E-state index contributed by atoms with van der Waals surface area (Å²) < 4.78 is 29.6. The number of para-hydroxylation sites is 1. The summed E-state index contributed by atoms with van der Waals surface area (Å²) >= 11 is 0. The molecule has 0 unspecified atom stereocenters. The van der Waals surface area contributed by atoms with Gasteiger partial charge in [0.15, 0.2) is 11.6 Å². The normalized spacial score (nSPS) is 11.0. The van der Waals surface area contributed by atoms with Crippen LogP contribution in [0.2, 0.25) is 0 Å². The minimum absolute atomic E-state index is 0.0662. The van der Waals surface area contributed by atoms with E-state index in [2.05, 4.69) is 10.1 Å². The highest BCUT2D eigenvalue weighted by molar-refractivity contribution is 5.94. The lowest BCUT2D eigenvalue weighted by Crippen LogP contribution is -2.06. The lowest BCUT2D eigenvalue weighted by Gasteiger charge is -2.06. The zero-order valence-corrected chi connectivity index (χ0v) is 13.6. The van der Waals surface area contributed by atoms with Gasteiger partial charge in [0.1, 0.15) is 11.4 Å². The summed E-state index contributed by atoms with van der Waals surface area (Å²) in [5, 5.41) is 13.4. The van der Waals surface area contributed by atoms with Gasteiger partial charge in [-0.1, -0.05) is 18.2 Å². The number of aromatic carboxylic acids is 1. The van der Waals surface area contributed by atoms with Gasteiger partial charge in [-0.2, -0.15) is 5.10 Å². The zero-order chi connectivity index (χ0) is 19.1. The van der Waals surface area contributed by atoms with Gasteiger partial charge in [0, 0.05) is 11.8 Å². The second-order valence-corrected chi connectivity index (χ2v) is 5.78. The fourth-order valence-corrected chi connectivity index (χ4v) is 2.91. The third kappa shape index (κ3) is 2.67. The number of carbonyl (C=O) groups is 1. The van der Waals surface area contributed by atoms with Crippen molar-refractivity contribution in [2.75, 3.05) is 0 Å². The van der Waals surface area contributed by atoms with Gasteiger partial charge in [-0.25, -0.2) is 18.3 Å². The number of nitrogens with one attached hydrogen (secondary N) is 1. The van der Waals surface area contributed by atoms with E-state index in [1.54, 1.807) is 0 Å². The molecule has 2 N–H and O–H groups in total. The lowest BCUT2D eigenvalue weighted by molar-refractivity contribution is 0.0697. The van der Waals surface area contributed by atoms with Crippen molar-refractivity contribution in [3.05, 3.63) is 82.3 Å². The van der Waals surface area contributed by atoms with Crippen LogP contribution in [-0.2, 0) is 0 Å². The Hall–Kier alpha value is -3.81. The van der Waals surface area contributed by atoms with E-state index in [1.165, 1.54) is 42.6 Å². The topological polar surface area (TPSA) is 88.0 Å². The molecule has 0 radical (unpaired) electrons. The largest absolute Gasteiger partial charge is 0.478 e. The van der Waals surface area contributed by atoms with Gasteiger partial charge in [0.05, 0.1) is 16.5 Å². The van der Waals surface area contributed by atoms with Crippen molar-refractivity contribution in [1.82, 2.24) is 14.8 Å². The van der Waals surface area contributed by atoms with Gasteiger partial charge in [-0.3, -0.25) is 4.79 Å². The molecule has 0 saturated heterocycles. The van der Waals surface area contributed by atoms with Crippen molar-refractivity contribution in [2.24, 2.45) is 0 Å². The number of halogens is 2. The maximum Gasteiger partial charge on any atom is 0.335 e. The molecular weight excluding hydrogens is 356 g/mol. The summed E-state index contributed by atoms with van der Waals surface area (Å²) in [6, 6.07) is 10.6. The summed E-state index contributed by atoms with van der Waals surface area (Å²) in [6.07, 6.45) is 1.36. The standard InChI is InChI=1S/C19H11F2N3O3/c20-12-2-1-3-13(21)17(12)24-14-8-9-22-18(25)15(14)16(23-24)10-4-6-11(7-5-10)19(26)27/h1-9H,(H,22,25)(H,26,27). The first-order chi connectivity index (χ1) is 13.0. The summed E-state index contributed by atoms with van der Waals surface area (Å²) in [4.78, 5) is 25.9. The Morgan fingerprint density at radius 1 is 1.04 bits per heavy atom. The molecule has 4 aromatic rings. The zero-order valence-electron chi connectivity index (χ0n) is 13.6. The van der Waals surface area contributed by atoms with E-state index < -0.39 is 28.9 Å². The Morgan fingerprint density at radius 3 is 2.33 bits per heavy atom. The van der Waals surface area contributed by atoms with Crippen LogP contribution in [0.1, 0.15) is 10.4 Å². The van der Waals surface area contributed by atoms with Gasteiger partial charge < -0.3 is 10.1 Å². The van der Waals surface area contributed by atoms with Crippen molar-refractivity contribution in [1.29, 1.82) is 0 Å². The van der Waals surface area contributed by atoms with Crippen LogP contribution in [0.3, 0.4) is 0 Å². The first kappa shape index (κ1) is 16.6. The van der Waals surface area contributed by atoms with E-state index in [9.17, 15) is 18.4 Å². The molecule has 2 heterocycles. The van der Waals surface area contributed by atoms with Crippen LogP contribution in [0.5, 0.6) is 0 Å². The van der Waals surface area contributed by atoms with E-state index in [-0.39, 0.29) is 22.2 Å². The first-order valence-electron chi connectivity index (χ1n) is 7.86. The third-order valence-corrected chi connectivity index (χ3v) is 4.16. The number of carboxylic acids is 1. The summed E-state index contributed by atoms with van der Waals surface area (Å²) in [6.45, 7) is 0. The quantitative estimate of drug-likeness (QED) is 0.581. The lowest BCUT2D eigenvalue weighted by atomic mass is 10.1. The van der Waals surface area contributed by atoms with E-state index in [1.807, 2.05) is 0 Å². The van der Waals surface area contributed by atoms with Crippen LogP contribution < -0.4 is 5.56 Å². The maximum absolute atomic E-state index is 14.3. The molecule has 0 aliphatic rings. The number of aromatic nitrogens is 3.